The summed E-state index contributed by atoms with van der Waals surface area (Å²) in [7, 11) is 0. The monoisotopic (exact) mass is 379 g/mol. The third-order valence-corrected chi connectivity index (χ3v) is 4.54. The van der Waals surface area contributed by atoms with Crippen LogP contribution >= 0.6 is 0 Å². The number of benzene rings is 3. The SMILES string of the molecule is Cc1ccc(Nc2ncc3ccccc3c2C#Cc2ccccc2[N+](=O)[O-])cc1. The number of nitrogens with zero attached hydrogens (tertiary/aromatic N) is 2. The van der Waals surface area contributed by atoms with Gasteiger partial charge < -0.3 is 5.32 Å². The smallest absolute Gasteiger partial charge is 0.284 e. The van der Waals surface area contributed by atoms with Crippen molar-refractivity contribution in [1.82, 2.24) is 4.98 Å². The Morgan fingerprint density at radius 1 is 0.931 bits per heavy atom. The fraction of sp³-hybridized carbons (Fsp3) is 0.0417. The molecule has 0 amide bonds. The van der Waals surface area contributed by atoms with Crippen LogP contribution in [0, 0.1) is 28.9 Å². The third kappa shape index (κ3) is 3.92. The van der Waals surface area contributed by atoms with Gasteiger partial charge in [0, 0.05) is 28.7 Å². The highest BCUT2D eigenvalue weighted by atomic mass is 16.6. The van der Waals surface area contributed by atoms with E-state index in [1.165, 1.54) is 11.6 Å². The topological polar surface area (TPSA) is 68.1 Å². The second-order valence-corrected chi connectivity index (χ2v) is 6.58. The van der Waals surface area contributed by atoms with Gasteiger partial charge in [0.15, 0.2) is 0 Å². The van der Waals surface area contributed by atoms with E-state index in [1.807, 2.05) is 55.5 Å². The van der Waals surface area contributed by atoms with Gasteiger partial charge in [-0.25, -0.2) is 4.98 Å². The molecule has 0 aliphatic carbocycles. The van der Waals surface area contributed by atoms with Crippen molar-refractivity contribution >= 4 is 28.0 Å². The highest BCUT2D eigenvalue weighted by Gasteiger charge is 2.11. The van der Waals surface area contributed by atoms with Crippen molar-refractivity contribution < 1.29 is 4.92 Å². The van der Waals surface area contributed by atoms with E-state index in [-0.39, 0.29) is 5.69 Å². The summed E-state index contributed by atoms with van der Waals surface area (Å²) >= 11 is 0. The molecule has 0 aliphatic heterocycles. The lowest BCUT2D eigenvalue weighted by atomic mass is 10.1. The number of nitrogens with one attached hydrogen (secondary N) is 1. The zero-order valence-corrected chi connectivity index (χ0v) is 15.7. The van der Waals surface area contributed by atoms with Crippen LogP contribution in [-0.4, -0.2) is 9.91 Å². The van der Waals surface area contributed by atoms with Gasteiger partial charge in [0.05, 0.1) is 10.5 Å². The number of rotatable bonds is 3. The molecule has 0 radical (unpaired) electrons. The summed E-state index contributed by atoms with van der Waals surface area (Å²) in [6.07, 6.45) is 1.79. The lowest BCUT2D eigenvalue weighted by Crippen LogP contribution is -1.98. The van der Waals surface area contributed by atoms with Gasteiger partial charge in [-0.1, -0.05) is 65.9 Å². The van der Waals surface area contributed by atoms with Gasteiger partial charge in [0.25, 0.3) is 5.69 Å². The van der Waals surface area contributed by atoms with Crippen molar-refractivity contribution in [3.8, 4) is 11.8 Å². The minimum Gasteiger partial charge on any atom is -0.339 e. The Bertz CT molecular complexity index is 1270. The summed E-state index contributed by atoms with van der Waals surface area (Å²) in [5, 5.41) is 16.5. The molecule has 0 aliphatic rings. The van der Waals surface area contributed by atoms with Crippen LogP contribution in [0.4, 0.5) is 17.2 Å². The first-order valence-corrected chi connectivity index (χ1v) is 9.09. The molecule has 1 N–H and O–H groups in total. The molecule has 3 aromatic carbocycles. The van der Waals surface area contributed by atoms with Gasteiger partial charge in [-0.3, -0.25) is 10.1 Å². The number of hydrogen-bond acceptors (Lipinski definition) is 4. The molecular formula is C24H17N3O2. The first-order valence-electron chi connectivity index (χ1n) is 9.09. The molecule has 5 nitrogen and oxygen atoms in total. The molecule has 0 spiro atoms. The van der Waals surface area contributed by atoms with Gasteiger partial charge >= 0.3 is 0 Å². The predicted octanol–water partition coefficient (Wildman–Crippen LogP) is 5.59. The van der Waals surface area contributed by atoms with Crippen LogP contribution in [0.25, 0.3) is 10.8 Å². The van der Waals surface area contributed by atoms with Crippen LogP contribution in [-0.2, 0) is 0 Å². The maximum Gasteiger partial charge on any atom is 0.284 e. The van der Waals surface area contributed by atoms with Crippen molar-refractivity contribution in [2.24, 2.45) is 0 Å². The number of aryl methyl sites for hydroxylation is 1. The zero-order valence-electron chi connectivity index (χ0n) is 15.7. The summed E-state index contributed by atoms with van der Waals surface area (Å²) in [5.74, 6) is 6.70. The number of hydrogen-bond donors (Lipinski definition) is 1. The van der Waals surface area contributed by atoms with Crippen molar-refractivity contribution in [1.29, 1.82) is 0 Å². The lowest BCUT2D eigenvalue weighted by Gasteiger charge is -2.10. The van der Waals surface area contributed by atoms with E-state index < -0.39 is 4.92 Å². The molecule has 0 bridgehead atoms. The van der Waals surface area contributed by atoms with E-state index in [0.717, 1.165) is 16.5 Å². The number of pyridine rings is 1. The van der Waals surface area contributed by atoms with E-state index in [0.29, 0.717) is 16.9 Å². The number of nitro benzene ring substituents is 1. The Hall–Kier alpha value is -4.17. The Labute approximate surface area is 168 Å². The largest absolute Gasteiger partial charge is 0.339 e. The zero-order chi connectivity index (χ0) is 20.2. The normalized spacial score (nSPS) is 10.2. The summed E-state index contributed by atoms with van der Waals surface area (Å²) < 4.78 is 0. The minimum absolute atomic E-state index is 0.0127. The van der Waals surface area contributed by atoms with Crippen LogP contribution in [0.5, 0.6) is 0 Å². The first kappa shape index (κ1) is 18.2. The van der Waals surface area contributed by atoms with Crippen molar-refractivity contribution in [2.45, 2.75) is 6.92 Å². The maximum absolute atomic E-state index is 11.3. The minimum atomic E-state index is -0.420. The first-order chi connectivity index (χ1) is 14.1. The van der Waals surface area contributed by atoms with Gasteiger partial charge in [0.1, 0.15) is 11.4 Å². The Balaban J connectivity index is 1.84. The summed E-state index contributed by atoms with van der Waals surface area (Å²) in [4.78, 5) is 15.4. The highest BCUT2D eigenvalue weighted by Crippen LogP contribution is 2.26. The van der Waals surface area contributed by atoms with Gasteiger partial charge in [-0.15, -0.1) is 0 Å². The Kier molecular flexibility index (Phi) is 4.91. The summed E-state index contributed by atoms with van der Waals surface area (Å²) in [5.41, 5.74) is 3.11. The van der Waals surface area contributed by atoms with E-state index in [9.17, 15) is 10.1 Å². The van der Waals surface area contributed by atoms with E-state index in [1.54, 1.807) is 24.4 Å². The lowest BCUT2D eigenvalue weighted by molar-refractivity contribution is -0.385. The van der Waals surface area contributed by atoms with Crippen LogP contribution < -0.4 is 5.32 Å². The molecule has 4 rings (SSSR count). The quantitative estimate of drug-likeness (QED) is 0.286. The second-order valence-electron chi connectivity index (χ2n) is 6.58. The average Bonchev–Trinajstić information content (AvgIpc) is 2.74. The Morgan fingerprint density at radius 3 is 2.45 bits per heavy atom. The highest BCUT2D eigenvalue weighted by molar-refractivity contribution is 5.92. The maximum atomic E-state index is 11.3. The van der Waals surface area contributed by atoms with Gasteiger partial charge in [0.2, 0.25) is 0 Å². The molecule has 0 atom stereocenters. The second kappa shape index (κ2) is 7.83. The van der Waals surface area contributed by atoms with E-state index in [2.05, 4.69) is 22.1 Å². The van der Waals surface area contributed by atoms with Crippen molar-refractivity contribution in [3.63, 3.8) is 0 Å². The number of nitro groups is 1. The van der Waals surface area contributed by atoms with Gasteiger partial charge in [-0.2, -0.15) is 0 Å². The molecule has 4 aromatic rings. The molecular weight excluding hydrogens is 362 g/mol. The Morgan fingerprint density at radius 2 is 1.66 bits per heavy atom. The molecule has 0 fully saturated rings. The fourth-order valence-corrected chi connectivity index (χ4v) is 3.03. The molecule has 0 saturated carbocycles. The molecule has 1 heterocycles. The molecule has 29 heavy (non-hydrogen) atoms. The third-order valence-electron chi connectivity index (χ3n) is 4.54. The van der Waals surface area contributed by atoms with Crippen LogP contribution in [0.15, 0.2) is 79.0 Å². The number of para-hydroxylation sites is 1. The van der Waals surface area contributed by atoms with Crippen LogP contribution in [0.3, 0.4) is 0 Å². The fourth-order valence-electron chi connectivity index (χ4n) is 3.03. The van der Waals surface area contributed by atoms with Crippen LogP contribution in [0.2, 0.25) is 0 Å². The molecule has 1 aromatic heterocycles. The van der Waals surface area contributed by atoms with E-state index in [4.69, 9.17) is 0 Å². The summed E-state index contributed by atoms with van der Waals surface area (Å²) in [6.45, 7) is 2.03. The average molecular weight is 379 g/mol. The number of aromatic nitrogens is 1. The molecule has 0 unspecified atom stereocenters. The van der Waals surface area contributed by atoms with Crippen molar-refractivity contribution in [2.75, 3.05) is 5.32 Å². The number of anilines is 2. The van der Waals surface area contributed by atoms with Crippen LogP contribution in [0.1, 0.15) is 16.7 Å². The predicted molar refractivity (Wildman–Crippen MR) is 115 cm³/mol. The van der Waals surface area contributed by atoms with E-state index >= 15 is 0 Å². The van der Waals surface area contributed by atoms with Crippen molar-refractivity contribution in [3.05, 3.63) is 106 Å². The standard InChI is InChI=1S/C24H17N3O2/c1-17-10-13-20(14-11-17)26-24-22(21-8-4-2-7-19(21)16-25-24)15-12-18-6-3-5-9-23(18)27(28)29/h2-11,13-14,16H,1H3,(H,25,26). The summed E-state index contributed by atoms with van der Waals surface area (Å²) in [6, 6.07) is 22.3. The molecule has 5 heteroatoms. The molecule has 0 saturated heterocycles. The number of fused-ring (bicyclic) bond motifs is 1. The van der Waals surface area contributed by atoms with Gasteiger partial charge in [-0.05, 0) is 25.1 Å². The molecule has 140 valence electrons.